The molecule has 1 aromatic carbocycles. The molecule has 1 aromatic rings. The lowest BCUT2D eigenvalue weighted by Crippen LogP contribution is -2.41. The average Bonchev–Trinajstić information content (AvgIpc) is 3.30. The van der Waals surface area contributed by atoms with Gasteiger partial charge in [0.15, 0.2) is 5.75 Å². The number of hydrogen-bond acceptors (Lipinski definition) is 4. The number of hydrogen-bond donors (Lipinski definition) is 2. The Balaban J connectivity index is 1.98. The van der Waals surface area contributed by atoms with E-state index in [0.717, 1.165) is 0 Å². The number of benzene rings is 1. The van der Waals surface area contributed by atoms with E-state index in [1.54, 1.807) is 18.2 Å². The van der Waals surface area contributed by atoms with E-state index in [1.165, 1.54) is 12.8 Å². The molecular weight excluding hydrogens is 266 g/mol. The van der Waals surface area contributed by atoms with Gasteiger partial charge in [-0.15, -0.1) is 0 Å². The quantitative estimate of drug-likeness (QED) is 0.753. The first-order chi connectivity index (χ1) is 10.0. The molecule has 1 aliphatic carbocycles. The first kappa shape index (κ1) is 15.6. The average molecular weight is 291 g/mol. The van der Waals surface area contributed by atoms with Crippen molar-refractivity contribution in [1.82, 2.24) is 10.2 Å². The van der Waals surface area contributed by atoms with Gasteiger partial charge in [-0.2, -0.15) is 0 Å². The smallest absolute Gasteiger partial charge is 0.255 e. The largest absolute Gasteiger partial charge is 0.491 e. The molecule has 1 unspecified atom stereocenters. The zero-order chi connectivity index (χ0) is 15.4. The third-order valence-corrected chi connectivity index (χ3v) is 3.95. The molecule has 0 heterocycles. The summed E-state index contributed by atoms with van der Waals surface area (Å²) >= 11 is 0. The van der Waals surface area contributed by atoms with Crippen molar-refractivity contribution in [3.05, 3.63) is 23.8 Å². The minimum absolute atomic E-state index is 0.137. The number of nitrogens with zero attached hydrogens (tertiary/aromatic N) is 1. The number of para-hydroxylation sites is 1. The first-order valence-electron chi connectivity index (χ1n) is 7.56. The Morgan fingerprint density at radius 2 is 2.24 bits per heavy atom. The van der Waals surface area contributed by atoms with E-state index >= 15 is 0 Å². The number of nitrogens with one attached hydrogen (secondary N) is 1. The van der Waals surface area contributed by atoms with E-state index in [4.69, 9.17) is 10.5 Å². The van der Waals surface area contributed by atoms with Crippen LogP contribution >= 0.6 is 0 Å². The van der Waals surface area contributed by atoms with Crippen molar-refractivity contribution in [2.45, 2.75) is 38.8 Å². The molecule has 0 aromatic heterocycles. The second-order valence-corrected chi connectivity index (χ2v) is 5.61. The van der Waals surface area contributed by atoms with Gasteiger partial charge in [0.2, 0.25) is 0 Å². The van der Waals surface area contributed by atoms with Crippen molar-refractivity contribution >= 4 is 11.6 Å². The van der Waals surface area contributed by atoms with Crippen molar-refractivity contribution in [2.75, 3.05) is 25.9 Å². The van der Waals surface area contributed by atoms with Gasteiger partial charge in [0.05, 0.1) is 17.9 Å². The van der Waals surface area contributed by atoms with Crippen LogP contribution in [0.1, 0.15) is 37.0 Å². The lowest BCUT2D eigenvalue weighted by Gasteiger charge is -2.24. The fourth-order valence-corrected chi connectivity index (χ4v) is 2.36. The van der Waals surface area contributed by atoms with Crippen LogP contribution in [-0.2, 0) is 0 Å². The van der Waals surface area contributed by atoms with E-state index < -0.39 is 0 Å². The van der Waals surface area contributed by atoms with Gasteiger partial charge in [-0.1, -0.05) is 6.07 Å². The van der Waals surface area contributed by atoms with Gasteiger partial charge in [-0.05, 0) is 45.9 Å². The number of nitrogens with two attached hydrogens (primary N) is 1. The topological polar surface area (TPSA) is 67.6 Å². The maximum Gasteiger partial charge on any atom is 0.255 e. The standard InChI is InChI=1S/C16H25N3O2/c1-4-21-15-13(6-5-7-14(15)17)16(20)18-10-11(2)19(3)12-8-9-12/h5-7,11-12H,4,8-10,17H2,1-3H3,(H,18,20). The van der Waals surface area contributed by atoms with Crippen LogP contribution in [0.4, 0.5) is 5.69 Å². The Morgan fingerprint density at radius 1 is 1.52 bits per heavy atom. The van der Waals surface area contributed by atoms with Crippen LogP contribution in [0, 0.1) is 0 Å². The highest BCUT2D eigenvalue weighted by Gasteiger charge is 2.29. The molecular formula is C16H25N3O2. The number of carbonyl (C=O) groups is 1. The molecule has 3 N–H and O–H groups in total. The maximum atomic E-state index is 12.3. The van der Waals surface area contributed by atoms with Crippen molar-refractivity contribution in [3.8, 4) is 5.75 Å². The van der Waals surface area contributed by atoms with Crippen LogP contribution in [0.2, 0.25) is 0 Å². The van der Waals surface area contributed by atoms with Crippen molar-refractivity contribution in [1.29, 1.82) is 0 Å². The van der Waals surface area contributed by atoms with E-state index in [9.17, 15) is 4.79 Å². The van der Waals surface area contributed by atoms with Crippen LogP contribution in [0.15, 0.2) is 18.2 Å². The fourth-order valence-electron chi connectivity index (χ4n) is 2.36. The summed E-state index contributed by atoms with van der Waals surface area (Å²) in [4.78, 5) is 14.7. The number of rotatable bonds is 7. The minimum Gasteiger partial charge on any atom is -0.491 e. The van der Waals surface area contributed by atoms with Crippen LogP contribution in [0.25, 0.3) is 0 Å². The Morgan fingerprint density at radius 3 is 2.86 bits per heavy atom. The first-order valence-corrected chi connectivity index (χ1v) is 7.56. The second kappa shape index (κ2) is 6.80. The van der Waals surface area contributed by atoms with Crippen molar-refractivity contribution in [2.24, 2.45) is 0 Å². The summed E-state index contributed by atoms with van der Waals surface area (Å²) < 4.78 is 5.50. The van der Waals surface area contributed by atoms with Crippen LogP contribution < -0.4 is 15.8 Å². The Labute approximate surface area is 126 Å². The molecule has 0 aliphatic heterocycles. The summed E-state index contributed by atoms with van der Waals surface area (Å²) in [5, 5.41) is 2.97. The van der Waals surface area contributed by atoms with Crippen LogP contribution in [0.5, 0.6) is 5.75 Å². The third kappa shape index (κ3) is 3.88. The highest BCUT2D eigenvalue weighted by Crippen LogP contribution is 2.27. The molecule has 21 heavy (non-hydrogen) atoms. The number of nitrogen functional groups attached to an aromatic ring is 1. The molecule has 0 radical (unpaired) electrons. The molecule has 2 rings (SSSR count). The third-order valence-electron chi connectivity index (χ3n) is 3.95. The zero-order valence-electron chi connectivity index (χ0n) is 13.1. The van der Waals surface area contributed by atoms with Gasteiger partial charge in [0.1, 0.15) is 0 Å². The predicted molar refractivity (Wildman–Crippen MR) is 84.6 cm³/mol. The summed E-state index contributed by atoms with van der Waals surface area (Å²) in [5.41, 5.74) is 6.88. The van der Waals surface area contributed by atoms with Gasteiger partial charge in [-0.3, -0.25) is 9.69 Å². The Kier molecular flexibility index (Phi) is 5.07. The number of amides is 1. The van der Waals surface area contributed by atoms with Gasteiger partial charge in [-0.25, -0.2) is 0 Å². The van der Waals surface area contributed by atoms with E-state index in [0.29, 0.717) is 42.2 Å². The van der Waals surface area contributed by atoms with Gasteiger partial charge >= 0.3 is 0 Å². The maximum absolute atomic E-state index is 12.3. The molecule has 116 valence electrons. The van der Waals surface area contributed by atoms with Crippen molar-refractivity contribution < 1.29 is 9.53 Å². The summed E-state index contributed by atoms with van der Waals surface area (Å²) in [5.74, 6) is 0.336. The minimum atomic E-state index is -0.137. The van der Waals surface area contributed by atoms with Crippen molar-refractivity contribution in [3.63, 3.8) is 0 Å². The molecule has 0 saturated heterocycles. The summed E-state index contributed by atoms with van der Waals surface area (Å²) in [7, 11) is 2.11. The molecule has 1 saturated carbocycles. The highest BCUT2D eigenvalue weighted by atomic mass is 16.5. The SMILES string of the molecule is CCOc1c(N)cccc1C(=O)NCC(C)N(C)C1CC1. The fraction of sp³-hybridized carbons (Fsp3) is 0.562. The molecule has 0 bridgehead atoms. The monoisotopic (exact) mass is 291 g/mol. The Bertz CT molecular complexity index is 500. The summed E-state index contributed by atoms with van der Waals surface area (Å²) in [6.45, 7) is 5.10. The molecule has 1 fully saturated rings. The van der Waals surface area contributed by atoms with Crippen LogP contribution in [0.3, 0.4) is 0 Å². The molecule has 1 amide bonds. The van der Waals surface area contributed by atoms with E-state index in [1.807, 2.05) is 6.92 Å². The molecule has 1 aliphatic rings. The predicted octanol–water partition coefficient (Wildman–Crippen LogP) is 1.88. The normalized spacial score (nSPS) is 15.8. The highest BCUT2D eigenvalue weighted by molar-refractivity contribution is 5.98. The number of carbonyl (C=O) groups excluding carboxylic acids is 1. The van der Waals surface area contributed by atoms with E-state index in [2.05, 4.69) is 24.2 Å². The zero-order valence-corrected chi connectivity index (χ0v) is 13.1. The molecule has 5 nitrogen and oxygen atoms in total. The number of anilines is 1. The molecule has 1 atom stereocenters. The number of likely N-dealkylation sites (N-methyl/N-ethyl adjacent to an activating group) is 1. The molecule has 0 spiro atoms. The molecule has 5 heteroatoms. The lowest BCUT2D eigenvalue weighted by atomic mass is 10.1. The number of ether oxygens (including phenoxy) is 1. The van der Waals surface area contributed by atoms with Gasteiger partial charge < -0.3 is 15.8 Å². The van der Waals surface area contributed by atoms with Crippen LogP contribution in [-0.4, -0.2) is 43.1 Å². The second-order valence-electron chi connectivity index (χ2n) is 5.61. The summed E-state index contributed by atoms with van der Waals surface area (Å²) in [6, 6.07) is 6.25. The Hall–Kier alpha value is -1.75. The van der Waals surface area contributed by atoms with Gasteiger partial charge in [0.25, 0.3) is 5.91 Å². The summed E-state index contributed by atoms with van der Waals surface area (Å²) in [6.07, 6.45) is 2.52. The van der Waals surface area contributed by atoms with Gasteiger partial charge in [0, 0.05) is 18.6 Å². The lowest BCUT2D eigenvalue weighted by molar-refractivity contribution is 0.0936. The van der Waals surface area contributed by atoms with E-state index in [-0.39, 0.29) is 5.91 Å².